The molecular weight excluding hydrogens is 410 g/mol. The van der Waals surface area contributed by atoms with Gasteiger partial charge in [0.25, 0.3) is 0 Å². The molecule has 0 radical (unpaired) electrons. The Morgan fingerprint density at radius 2 is 1.84 bits per heavy atom. The van der Waals surface area contributed by atoms with E-state index in [1.807, 2.05) is 18.2 Å². The zero-order valence-electron chi connectivity index (χ0n) is 17.5. The van der Waals surface area contributed by atoms with Gasteiger partial charge in [0.05, 0.1) is 25.1 Å². The molecule has 2 aliphatic rings. The lowest BCUT2D eigenvalue weighted by molar-refractivity contribution is 0.123. The number of rotatable bonds is 3. The number of hydrogen-bond acceptors (Lipinski definition) is 7. The maximum Gasteiger partial charge on any atom is 0.407 e. The molecule has 0 saturated carbocycles. The third-order valence-electron chi connectivity index (χ3n) is 5.88. The highest BCUT2D eigenvalue weighted by Crippen LogP contribution is 2.29. The summed E-state index contributed by atoms with van der Waals surface area (Å²) in [4.78, 5) is 26.2. The summed E-state index contributed by atoms with van der Waals surface area (Å²) < 4.78 is 7.25. The van der Waals surface area contributed by atoms with Crippen LogP contribution in [0.3, 0.4) is 0 Å². The highest BCUT2D eigenvalue weighted by Gasteiger charge is 2.23. The number of anilines is 2. The molecule has 164 valence electrons. The number of hydrogen-bond donors (Lipinski definition) is 1. The standard InChI is InChI=1S/C22H23N7O3/c1-2-17-20(29-21(25-17)18(5-6-24-29)26-11-13-32-14-12-26)16-3-4-19(23-15-16)27-7-9-28(10-8-27)22(30)31/h1,3-6,15H,7-14H2,(H,30,31). The fourth-order valence-electron chi connectivity index (χ4n) is 4.19. The van der Waals surface area contributed by atoms with E-state index in [4.69, 9.17) is 21.3 Å². The Kier molecular flexibility index (Phi) is 5.25. The van der Waals surface area contributed by atoms with E-state index in [-0.39, 0.29) is 0 Å². The van der Waals surface area contributed by atoms with E-state index in [1.54, 1.807) is 16.9 Å². The second-order valence-corrected chi connectivity index (χ2v) is 7.67. The number of piperazine rings is 1. The minimum absolute atomic E-state index is 0.460. The summed E-state index contributed by atoms with van der Waals surface area (Å²) >= 11 is 0. The van der Waals surface area contributed by atoms with Crippen molar-refractivity contribution < 1.29 is 14.6 Å². The van der Waals surface area contributed by atoms with Gasteiger partial charge in [-0.05, 0) is 24.1 Å². The summed E-state index contributed by atoms with van der Waals surface area (Å²) in [5.41, 5.74) is 3.76. The van der Waals surface area contributed by atoms with Crippen molar-refractivity contribution in [3.63, 3.8) is 0 Å². The minimum atomic E-state index is -0.883. The fraction of sp³-hybridized carbons (Fsp3) is 0.364. The molecule has 1 amide bonds. The lowest BCUT2D eigenvalue weighted by atomic mass is 10.1. The smallest absolute Gasteiger partial charge is 0.407 e. The van der Waals surface area contributed by atoms with Gasteiger partial charge in [-0.25, -0.2) is 19.3 Å². The number of fused-ring (bicyclic) bond motifs is 1. The molecule has 0 aliphatic carbocycles. The summed E-state index contributed by atoms with van der Waals surface area (Å²) in [5.74, 6) is 3.50. The zero-order chi connectivity index (χ0) is 22.1. The number of nitrogens with zero attached hydrogens (tertiary/aromatic N) is 7. The molecule has 1 N–H and O–H groups in total. The Bertz CT molecular complexity index is 1170. The summed E-state index contributed by atoms with van der Waals surface area (Å²) in [6.07, 6.45) is 8.44. The van der Waals surface area contributed by atoms with Gasteiger partial charge in [-0.2, -0.15) is 5.10 Å². The van der Waals surface area contributed by atoms with Crippen LogP contribution in [0.25, 0.3) is 16.9 Å². The van der Waals surface area contributed by atoms with Crippen molar-refractivity contribution in [2.75, 3.05) is 62.3 Å². The summed E-state index contributed by atoms with van der Waals surface area (Å²) in [7, 11) is 0. The van der Waals surface area contributed by atoms with E-state index < -0.39 is 6.09 Å². The second-order valence-electron chi connectivity index (χ2n) is 7.67. The number of pyridine rings is 1. The lowest BCUT2D eigenvalue weighted by Crippen LogP contribution is -2.48. The summed E-state index contributed by atoms with van der Waals surface area (Å²) in [5, 5.41) is 13.6. The SMILES string of the molecule is C#Cc1nc2c(N3CCOCC3)ccnn2c1-c1ccc(N2CCN(C(=O)O)CC2)nc1. The third-order valence-corrected chi connectivity index (χ3v) is 5.88. The predicted octanol–water partition coefficient (Wildman–Crippen LogP) is 1.41. The Labute approximate surface area is 185 Å². The summed E-state index contributed by atoms with van der Waals surface area (Å²) in [6.45, 7) is 5.06. The normalized spacial score (nSPS) is 16.9. The van der Waals surface area contributed by atoms with Gasteiger partial charge in [0, 0.05) is 51.0 Å². The van der Waals surface area contributed by atoms with Crippen molar-refractivity contribution in [3.05, 3.63) is 36.3 Å². The Morgan fingerprint density at radius 3 is 2.50 bits per heavy atom. The molecule has 0 atom stereocenters. The van der Waals surface area contributed by atoms with Gasteiger partial charge in [0.2, 0.25) is 0 Å². The van der Waals surface area contributed by atoms with Gasteiger partial charge in [0.15, 0.2) is 5.65 Å². The maximum absolute atomic E-state index is 11.1. The fourth-order valence-corrected chi connectivity index (χ4v) is 4.19. The molecule has 2 saturated heterocycles. The number of amides is 1. The first-order valence-corrected chi connectivity index (χ1v) is 10.5. The molecule has 32 heavy (non-hydrogen) atoms. The largest absolute Gasteiger partial charge is 0.465 e. The average Bonchev–Trinajstić information content (AvgIpc) is 3.23. The van der Waals surface area contributed by atoms with Crippen LogP contribution in [0.4, 0.5) is 16.3 Å². The predicted molar refractivity (Wildman–Crippen MR) is 119 cm³/mol. The van der Waals surface area contributed by atoms with Gasteiger partial charge in [-0.1, -0.05) is 0 Å². The Morgan fingerprint density at radius 1 is 1.06 bits per heavy atom. The molecule has 5 heterocycles. The van der Waals surface area contributed by atoms with Crippen molar-refractivity contribution >= 4 is 23.2 Å². The van der Waals surface area contributed by atoms with Crippen LogP contribution < -0.4 is 9.80 Å². The van der Waals surface area contributed by atoms with Gasteiger partial charge in [-0.3, -0.25) is 0 Å². The molecular formula is C22H23N7O3. The van der Waals surface area contributed by atoms with Crippen LogP contribution in [0.15, 0.2) is 30.6 Å². The van der Waals surface area contributed by atoms with Crippen LogP contribution >= 0.6 is 0 Å². The van der Waals surface area contributed by atoms with Crippen LogP contribution in [-0.4, -0.2) is 88.2 Å². The molecule has 10 nitrogen and oxygen atoms in total. The van der Waals surface area contributed by atoms with Crippen LogP contribution in [0.2, 0.25) is 0 Å². The van der Waals surface area contributed by atoms with Crippen molar-refractivity contribution in [3.8, 4) is 23.6 Å². The van der Waals surface area contributed by atoms with Gasteiger partial charge in [-0.15, -0.1) is 6.42 Å². The van der Waals surface area contributed by atoms with Crippen molar-refractivity contribution in [2.45, 2.75) is 0 Å². The Hall–Kier alpha value is -3.84. The highest BCUT2D eigenvalue weighted by atomic mass is 16.5. The minimum Gasteiger partial charge on any atom is -0.465 e. The Balaban J connectivity index is 1.46. The average molecular weight is 433 g/mol. The molecule has 2 fully saturated rings. The topological polar surface area (TPSA) is 99.3 Å². The molecule has 10 heteroatoms. The third kappa shape index (κ3) is 3.56. The van der Waals surface area contributed by atoms with Gasteiger partial charge < -0.3 is 24.5 Å². The molecule has 0 spiro atoms. The molecule has 0 unspecified atom stereocenters. The summed E-state index contributed by atoms with van der Waals surface area (Å²) in [6, 6.07) is 5.84. The molecule has 3 aromatic heterocycles. The van der Waals surface area contributed by atoms with E-state index in [0.717, 1.165) is 35.9 Å². The maximum atomic E-state index is 11.1. The van der Waals surface area contributed by atoms with Crippen LogP contribution in [0, 0.1) is 12.3 Å². The lowest BCUT2D eigenvalue weighted by Gasteiger charge is -2.33. The van der Waals surface area contributed by atoms with E-state index in [9.17, 15) is 4.79 Å². The first-order valence-electron chi connectivity index (χ1n) is 10.5. The highest BCUT2D eigenvalue weighted by molar-refractivity contribution is 5.77. The number of aromatic nitrogens is 4. The van der Waals surface area contributed by atoms with Crippen LogP contribution in [-0.2, 0) is 4.74 Å². The van der Waals surface area contributed by atoms with Crippen molar-refractivity contribution in [1.29, 1.82) is 0 Å². The molecule has 5 rings (SSSR count). The number of morpholine rings is 1. The first kappa shape index (κ1) is 20.1. The van der Waals surface area contributed by atoms with Gasteiger partial charge in [0.1, 0.15) is 17.2 Å². The van der Waals surface area contributed by atoms with Crippen LogP contribution in [0.5, 0.6) is 0 Å². The monoisotopic (exact) mass is 433 g/mol. The second kappa shape index (κ2) is 8.36. The van der Waals surface area contributed by atoms with E-state index in [0.29, 0.717) is 50.7 Å². The molecule has 0 aromatic carbocycles. The van der Waals surface area contributed by atoms with E-state index in [2.05, 4.69) is 25.8 Å². The molecule has 0 bridgehead atoms. The number of ether oxygens (including phenoxy) is 1. The van der Waals surface area contributed by atoms with Gasteiger partial charge >= 0.3 is 6.09 Å². The quantitative estimate of drug-likeness (QED) is 0.619. The van der Waals surface area contributed by atoms with Crippen molar-refractivity contribution in [2.24, 2.45) is 0 Å². The van der Waals surface area contributed by atoms with E-state index >= 15 is 0 Å². The van der Waals surface area contributed by atoms with E-state index in [1.165, 1.54) is 4.90 Å². The van der Waals surface area contributed by atoms with Crippen LogP contribution in [0.1, 0.15) is 5.69 Å². The zero-order valence-corrected chi connectivity index (χ0v) is 17.5. The number of carbonyl (C=O) groups is 1. The molecule has 3 aromatic rings. The number of carboxylic acid groups (broad SMARTS) is 1. The number of terminal acetylenes is 1. The first-order chi connectivity index (χ1) is 15.7. The van der Waals surface area contributed by atoms with Crippen molar-refractivity contribution in [1.82, 2.24) is 24.5 Å². The molecule has 2 aliphatic heterocycles. The number of imidazole rings is 1.